The molecule has 0 radical (unpaired) electrons. The van der Waals surface area contributed by atoms with E-state index in [1.807, 2.05) is 0 Å². The molecule has 0 aromatic heterocycles. The Balaban J connectivity index is 1.37. The van der Waals surface area contributed by atoms with Gasteiger partial charge in [0.15, 0.2) is 0 Å². The maximum atomic E-state index is 2.47. The third kappa shape index (κ3) is 6.02. The van der Waals surface area contributed by atoms with E-state index >= 15 is 0 Å². The monoisotopic (exact) mass is 527 g/mol. The van der Waals surface area contributed by atoms with E-state index in [1.54, 1.807) is 0 Å². The van der Waals surface area contributed by atoms with Crippen LogP contribution in [-0.2, 0) is 13.1 Å². The summed E-state index contributed by atoms with van der Waals surface area (Å²) >= 11 is 0. The summed E-state index contributed by atoms with van der Waals surface area (Å²) in [5, 5.41) is 0. The minimum atomic E-state index is 0.715. The van der Waals surface area contributed by atoms with Crippen LogP contribution >= 0.6 is 0 Å². The van der Waals surface area contributed by atoms with Crippen LogP contribution in [0, 0.1) is 6.92 Å². The van der Waals surface area contributed by atoms with Gasteiger partial charge in [0.1, 0.15) is 22.7 Å². The van der Waals surface area contributed by atoms with Gasteiger partial charge in [0.25, 0.3) is 0 Å². The second-order valence-electron chi connectivity index (χ2n) is 11.6. The fraction of sp³-hybridized carbons (Fsp3) is 0.189. The first-order valence-electron chi connectivity index (χ1n) is 14.0. The van der Waals surface area contributed by atoms with Gasteiger partial charge in [-0.25, -0.2) is 0 Å². The van der Waals surface area contributed by atoms with Crippen molar-refractivity contribution < 1.29 is 0 Å². The molecule has 0 heterocycles. The summed E-state index contributed by atoms with van der Waals surface area (Å²) in [6, 6.07) is 48.4. The van der Waals surface area contributed by atoms with Crippen LogP contribution in [0.3, 0.4) is 0 Å². The van der Waals surface area contributed by atoms with Gasteiger partial charge in [-0.2, -0.15) is 0 Å². The first-order valence-corrected chi connectivity index (χ1v) is 14.0. The van der Waals surface area contributed by atoms with Crippen LogP contribution in [0.25, 0.3) is 0 Å². The highest BCUT2D eigenvalue weighted by Crippen LogP contribution is 2.32. The molecule has 0 aliphatic heterocycles. The number of hydrogen-bond donors (Lipinski definition) is 0. The van der Waals surface area contributed by atoms with Crippen molar-refractivity contribution in [3.63, 3.8) is 0 Å². The van der Waals surface area contributed by atoms with Crippen LogP contribution in [-0.4, -0.2) is 28.2 Å². The predicted octanol–water partition coefficient (Wildman–Crippen LogP) is 9.00. The highest BCUT2D eigenvalue weighted by Gasteiger charge is 2.23. The Morgan fingerprint density at radius 2 is 0.775 bits per heavy atom. The lowest BCUT2D eigenvalue weighted by Gasteiger charge is -2.30. The lowest BCUT2D eigenvalue weighted by Crippen LogP contribution is -2.34. The SMILES string of the molecule is Cc1ccc(N(Cc2ccc([N+](C)(C)c3ccccc3)cc2)Cc2ccc([N+](C)(C)c3ccccc3)cc2)cc1. The lowest BCUT2D eigenvalue weighted by molar-refractivity contribution is 0.554. The van der Waals surface area contributed by atoms with Crippen molar-refractivity contribution in [2.45, 2.75) is 20.0 Å². The number of anilines is 1. The van der Waals surface area contributed by atoms with Gasteiger partial charge in [0, 0.05) is 18.8 Å². The number of nitrogens with zero attached hydrogens (tertiary/aromatic N) is 3. The van der Waals surface area contributed by atoms with Crippen molar-refractivity contribution in [2.75, 3.05) is 33.1 Å². The van der Waals surface area contributed by atoms with Crippen molar-refractivity contribution in [2.24, 2.45) is 0 Å². The molecule has 0 aliphatic carbocycles. The van der Waals surface area contributed by atoms with Crippen LogP contribution in [0.2, 0.25) is 0 Å². The van der Waals surface area contributed by atoms with Gasteiger partial charge in [-0.15, -0.1) is 0 Å². The van der Waals surface area contributed by atoms with Gasteiger partial charge >= 0.3 is 0 Å². The second-order valence-corrected chi connectivity index (χ2v) is 11.6. The molecule has 3 nitrogen and oxygen atoms in total. The summed E-state index contributed by atoms with van der Waals surface area (Å²) in [4.78, 5) is 2.47. The van der Waals surface area contributed by atoms with E-state index < -0.39 is 0 Å². The van der Waals surface area contributed by atoms with Crippen molar-refractivity contribution in [1.29, 1.82) is 0 Å². The number of rotatable bonds is 9. The van der Waals surface area contributed by atoms with Crippen molar-refractivity contribution in [3.8, 4) is 0 Å². The molecule has 0 saturated carbocycles. The van der Waals surface area contributed by atoms with Gasteiger partial charge in [-0.3, -0.25) is 8.97 Å². The summed E-state index contributed by atoms with van der Waals surface area (Å²) in [5.41, 5.74) is 10.2. The number of hydrogen-bond acceptors (Lipinski definition) is 1. The van der Waals surface area contributed by atoms with Crippen LogP contribution in [0.4, 0.5) is 28.4 Å². The van der Waals surface area contributed by atoms with Crippen LogP contribution in [0.5, 0.6) is 0 Å². The van der Waals surface area contributed by atoms with E-state index in [0.717, 1.165) is 13.1 Å². The standard InChI is InChI=1S/C37H41N3/c1-30-16-22-33(23-17-30)38(28-31-18-24-36(25-19-31)39(2,3)34-12-8-6-9-13-34)29-32-20-26-37(27-21-32)40(4,5)35-14-10-7-11-15-35/h6-27H,28-29H2,1-5H3/q+2. The Hall–Kier alpha value is -4.18. The molecule has 202 valence electrons. The number of para-hydroxylation sites is 2. The van der Waals surface area contributed by atoms with Gasteiger partial charge in [0.2, 0.25) is 0 Å². The Bertz CT molecular complexity index is 1410. The third-order valence-electron chi connectivity index (χ3n) is 8.11. The molecule has 0 unspecified atom stereocenters. The van der Waals surface area contributed by atoms with E-state index in [1.165, 1.54) is 45.1 Å². The molecule has 5 aromatic carbocycles. The first-order chi connectivity index (χ1) is 19.2. The fourth-order valence-corrected chi connectivity index (χ4v) is 5.28. The smallest absolute Gasteiger partial charge is 0.137 e. The summed E-state index contributed by atoms with van der Waals surface area (Å²) in [6.07, 6.45) is 0. The Labute approximate surface area is 240 Å². The largest absolute Gasteiger partial charge is 0.363 e. The summed E-state index contributed by atoms with van der Waals surface area (Å²) in [7, 11) is 8.96. The summed E-state index contributed by atoms with van der Waals surface area (Å²) < 4.78 is 1.43. The molecule has 0 bridgehead atoms. The highest BCUT2D eigenvalue weighted by atomic mass is 15.3. The molecule has 0 fully saturated rings. The average molecular weight is 528 g/mol. The maximum absolute atomic E-state index is 2.47. The molecule has 5 aromatic rings. The number of benzene rings is 5. The van der Waals surface area contributed by atoms with Gasteiger partial charge < -0.3 is 4.90 Å². The van der Waals surface area contributed by atoms with Crippen LogP contribution in [0.1, 0.15) is 16.7 Å². The van der Waals surface area contributed by atoms with E-state index in [0.29, 0.717) is 8.97 Å². The lowest BCUT2D eigenvalue weighted by atomic mass is 10.1. The highest BCUT2D eigenvalue weighted by molar-refractivity contribution is 5.59. The normalized spacial score (nSPS) is 11.8. The maximum Gasteiger partial charge on any atom is 0.137 e. The Morgan fingerprint density at radius 3 is 1.15 bits per heavy atom. The zero-order chi connectivity index (χ0) is 28.2. The zero-order valence-corrected chi connectivity index (χ0v) is 24.5. The molecule has 0 N–H and O–H groups in total. The molecule has 40 heavy (non-hydrogen) atoms. The minimum Gasteiger partial charge on any atom is -0.363 e. The molecule has 0 spiro atoms. The van der Waals surface area contributed by atoms with E-state index in [2.05, 4.69) is 173 Å². The van der Waals surface area contributed by atoms with Crippen LogP contribution in [0.15, 0.2) is 133 Å². The average Bonchev–Trinajstić information content (AvgIpc) is 2.99. The molecule has 0 aliphatic rings. The fourth-order valence-electron chi connectivity index (χ4n) is 5.28. The predicted molar refractivity (Wildman–Crippen MR) is 173 cm³/mol. The molecule has 5 rings (SSSR count). The molecular weight excluding hydrogens is 486 g/mol. The summed E-state index contributed by atoms with van der Waals surface area (Å²) in [5.74, 6) is 0. The zero-order valence-electron chi connectivity index (χ0n) is 24.5. The molecule has 0 amide bonds. The topological polar surface area (TPSA) is 3.24 Å². The van der Waals surface area contributed by atoms with Crippen molar-refractivity contribution >= 4 is 28.4 Å². The first kappa shape index (κ1) is 27.4. The van der Waals surface area contributed by atoms with Crippen molar-refractivity contribution in [1.82, 2.24) is 8.97 Å². The molecule has 0 atom stereocenters. The van der Waals surface area contributed by atoms with Crippen molar-refractivity contribution in [3.05, 3.63) is 150 Å². The van der Waals surface area contributed by atoms with E-state index in [9.17, 15) is 0 Å². The van der Waals surface area contributed by atoms with Gasteiger partial charge in [-0.05, 0) is 78.7 Å². The van der Waals surface area contributed by atoms with Crippen LogP contribution < -0.4 is 13.9 Å². The third-order valence-corrected chi connectivity index (χ3v) is 8.11. The quantitative estimate of drug-likeness (QED) is 0.173. The molecular formula is C37H41N3+2. The molecule has 3 heteroatoms. The molecule has 0 saturated heterocycles. The number of quaternary nitrogens is 2. The Morgan fingerprint density at radius 1 is 0.425 bits per heavy atom. The Kier molecular flexibility index (Phi) is 7.88. The van der Waals surface area contributed by atoms with Gasteiger partial charge in [0.05, 0.1) is 28.2 Å². The second kappa shape index (κ2) is 11.5. The van der Waals surface area contributed by atoms with E-state index in [4.69, 9.17) is 0 Å². The van der Waals surface area contributed by atoms with Gasteiger partial charge in [-0.1, -0.05) is 78.4 Å². The summed E-state index contributed by atoms with van der Waals surface area (Å²) in [6.45, 7) is 3.83. The minimum absolute atomic E-state index is 0.715. The number of aryl methyl sites for hydroxylation is 1. The van der Waals surface area contributed by atoms with E-state index in [-0.39, 0.29) is 0 Å².